The van der Waals surface area contributed by atoms with Gasteiger partial charge in [0.25, 0.3) is 0 Å². The first-order valence-corrected chi connectivity index (χ1v) is 8.40. The third-order valence-corrected chi connectivity index (χ3v) is 4.47. The van der Waals surface area contributed by atoms with Crippen LogP contribution in [0.3, 0.4) is 0 Å². The van der Waals surface area contributed by atoms with E-state index in [9.17, 15) is 14.0 Å². The highest BCUT2D eigenvalue weighted by molar-refractivity contribution is 9.10. The predicted octanol–water partition coefficient (Wildman–Crippen LogP) is 3.58. The SMILES string of the molecule is O=C(Nc1ccccc1F)[C@H]1CC(=O)N(Cc2cccc(Br)c2)C1. The van der Waals surface area contributed by atoms with Gasteiger partial charge >= 0.3 is 0 Å². The lowest BCUT2D eigenvalue weighted by atomic mass is 10.1. The molecular weight excluding hydrogens is 375 g/mol. The van der Waals surface area contributed by atoms with Crippen molar-refractivity contribution < 1.29 is 14.0 Å². The van der Waals surface area contributed by atoms with Crippen molar-refractivity contribution >= 4 is 33.4 Å². The fourth-order valence-electron chi connectivity index (χ4n) is 2.75. The summed E-state index contributed by atoms with van der Waals surface area (Å²) in [5, 5.41) is 2.57. The molecule has 24 heavy (non-hydrogen) atoms. The highest BCUT2D eigenvalue weighted by Crippen LogP contribution is 2.23. The average Bonchev–Trinajstić information content (AvgIpc) is 2.91. The smallest absolute Gasteiger partial charge is 0.229 e. The molecule has 3 rings (SSSR count). The normalized spacial score (nSPS) is 17.2. The Hall–Kier alpha value is -2.21. The molecule has 2 aromatic rings. The van der Waals surface area contributed by atoms with Crippen molar-refractivity contribution in [2.45, 2.75) is 13.0 Å². The van der Waals surface area contributed by atoms with Gasteiger partial charge in [0.15, 0.2) is 0 Å². The summed E-state index contributed by atoms with van der Waals surface area (Å²) >= 11 is 3.40. The summed E-state index contributed by atoms with van der Waals surface area (Å²) in [6, 6.07) is 13.7. The molecule has 0 saturated carbocycles. The van der Waals surface area contributed by atoms with Gasteiger partial charge in [-0.1, -0.05) is 40.2 Å². The van der Waals surface area contributed by atoms with Gasteiger partial charge in [-0.15, -0.1) is 0 Å². The molecule has 0 spiro atoms. The number of hydrogen-bond acceptors (Lipinski definition) is 2. The van der Waals surface area contributed by atoms with E-state index in [1.165, 1.54) is 12.1 Å². The van der Waals surface area contributed by atoms with E-state index in [0.29, 0.717) is 13.1 Å². The maximum atomic E-state index is 13.6. The molecule has 1 fully saturated rings. The van der Waals surface area contributed by atoms with E-state index in [4.69, 9.17) is 0 Å². The molecule has 6 heteroatoms. The van der Waals surface area contributed by atoms with Crippen LogP contribution in [0.25, 0.3) is 0 Å². The number of carbonyl (C=O) groups excluding carboxylic acids is 2. The Kier molecular flexibility index (Phi) is 4.94. The summed E-state index contributed by atoms with van der Waals surface area (Å²) in [5.74, 6) is -1.35. The maximum absolute atomic E-state index is 13.6. The fraction of sp³-hybridized carbons (Fsp3) is 0.222. The number of halogens is 2. The molecule has 1 N–H and O–H groups in total. The van der Waals surface area contributed by atoms with Crippen molar-refractivity contribution in [1.29, 1.82) is 0 Å². The quantitative estimate of drug-likeness (QED) is 0.867. The van der Waals surface area contributed by atoms with Gasteiger partial charge in [0, 0.05) is 24.0 Å². The van der Waals surface area contributed by atoms with Crippen molar-refractivity contribution in [2.75, 3.05) is 11.9 Å². The first kappa shape index (κ1) is 16.6. The lowest BCUT2D eigenvalue weighted by Crippen LogP contribution is -2.28. The summed E-state index contributed by atoms with van der Waals surface area (Å²) in [6.45, 7) is 0.799. The summed E-state index contributed by atoms with van der Waals surface area (Å²) < 4.78 is 14.6. The Bertz CT molecular complexity index is 781. The van der Waals surface area contributed by atoms with Crippen LogP contribution in [0, 0.1) is 11.7 Å². The van der Waals surface area contributed by atoms with Crippen molar-refractivity contribution in [2.24, 2.45) is 5.92 Å². The van der Waals surface area contributed by atoms with Crippen LogP contribution in [0.5, 0.6) is 0 Å². The van der Waals surface area contributed by atoms with E-state index < -0.39 is 11.7 Å². The number of carbonyl (C=O) groups is 2. The predicted molar refractivity (Wildman–Crippen MR) is 92.7 cm³/mol. The molecule has 2 aromatic carbocycles. The van der Waals surface area contributed by atoms with Crippen LogP contribution in [-0.4, -0.2) is 23.3 Å². The van der Waals surface area contributed by atoms with Gasteiger partial charge in [-0.25, -0.2) is 4.39 Å². The number of likely N-dealkylation sites (tertiary alicyclic amines) is 1. The molecular formula is C18H16BrFN2O2. The van der Waals surface area contributed by atoms with Crippen molar-refractivity contribution in [3.8, 4) is 0 Å². The number of rotatable bonds is 4. The van der Waals surface area contributed by atoms with Crippen LogP contribution in [0.1, 0.15) is 12.0 Å². The van der Waals surface area contributed by atoms with E-state index in [1.54, 1.807) is 17.0 Å². The summed E-state index contributed by atoms with van der Waals surface area (Å²) in [6.07, 6.45) is 0.147. The molecule has 4 nitrogen and oxygen atoms in total. The van der Waals surface area contributed by atoms with Gasteiger partial charge in [0.2, 0.25) is 11.8 Å². The van der Waals surface area contributed by atoms with Gasteiger partial charge in [-0.05, 0) is 29.8 Å². The van der Waals surface area contributed by atoms with Crippen LogP contribution < -0.4 is 5.32 Å². The van der Waals surface area contributed by atoms with Crippen LogP contribution in [0.4, 0.5) is 10.1 Å². The molecule has 0 aromatic heterocycles. The number of nitrogens with zero attached hydrogens (tertiary/aromatic N) is 1. The Morgan fingerprint density at radius 3 is 2.79 bits per heavy atom. The molecule has 0 radical (unpaired) electrons. The van der Waals surface area contributed by atoms with E-state index in [2.05, 4.69) is 21.2 Å². The summed E-state index contributed by atoms with van der Waals surface area (Å²) in [4.78, 5) is 26.1. The highest BCUT2D eigenvalue weighted by atomic mass is 79.9. The number of benzene rings is 2. The Labute approximate surface area is 147 Å². The second kappa shape index (κ2) is 7.13. The van der Waals surface area contributed by atoms with E-state index in [-0.39, 0.29) is 23.9 Å². The molecule has 2 amide bonds. The van der Waals surface area contributed by atoms with E-state index in [1.807, 2.05) is 24.3 Å². The number of hydrogen-bond donors (Lipinski definition) is 1. The maximum Gasteiger partial charge on any atom is 0.229 e. The zero-order valence-electron chi connectivity index (χ0n) is 12.8. The van der Waals surface area contributed by atoms with Crippen molar-refractivity contribution in [3.05, 3.63) is 64.4 Å². The highest BCUT2D eigenvalue weighted by Gasteiger charge is 2.34. The largest absolute Gasteiger partial charge is 0.338 e. The second-order valence-corrected chi connectivity index (χ2v) is 6.69. The lowest BCUT2D eigenvalue weighted by molar-refractivity contribution is -0.128. The fourth-order valence-corrected chi connectivity index (χ4v) is 3.20. The Morgan fingerprint density at radius 2 is 2.04 bits per heavy atom. The molecule has 0 unspecified atom stereocenters. The molecule has 1 saturated heterocycles. The van der Waals surface area contributed by atoms with Gasteiger partial charge in [-0.3, -0.25) is 9.59 Å². The van der Waals surface area contributed by atoms with Gasteiger partial charge in [-0.2, -0.15) is 0 Å². The standard InChI is InChI=1S/C18H16BrFN2O2/c19-14-5-3-4-12(8-14)10-22-11-13(9-17(22)23)18(24)21-16-7-2-1-6-15(16)20/h1-8,13H,9-11H2,(H,21,24)/t13-/m0/s1. The topological polar surface area (TPSA) is 49.4 Å². The zero-order chi connectivity index (χ0) is 17.1. The molecule has 1 atom stereocenters. The Morgan fingerprint density at radius 1 is 1.25 bits per heavy atom. The van der Waals surface area contributed by atoms with E-state index in [0.717, 1.165) is 10.0 Å². The number of para-hydroxylation sites is 1. The zero-order valence-corrected chi connectivity index (χ0v) is 14.4. The first-order chi connectivity index (χ1) is 11.5. The number of anilines is 1. The second-order valence-electron chi connectivity index (χ2n) is 5.77. The number of nitrogens with one attached hydrogen (secondary N) is 1. The minimum absolute atomic E-state index is 0.0661. The van der Waals surface area contributed by atoms with E-state index >= 15 is 0 Å². The van der Waals surface area contributed by atoms with Gasteiger partial charge in [0.1, 0.15) is 5.82 Å². The van der Waals surface area contributed by atoms with Gasteiger partial charge < -0.3 is 10.2 Å². The molecule has 0 bridgehead atoms. The Balaban J connectivity index is 1.64. The minimum Gasteiger partial charge on any atom is -0.338 e. The van der Waals surface area contributed by atoms with Crippen molar-refractivity contribution in [3.63, 3.8) is 0 Å². The monoisotopic (exact) mass is 390 g/mol. The molecule has 0 aliphatic carbocycles. The van der Waals surface area contributed by atoms with Crippen LogP contribution in [-0.2, 0) is 16.1 Å². The minimum atomic E-state index is -0.485. The summed E-state index contributed by atoms with van der Waals surface area (Å²) in [7, 11) is 0. The molecule has 1 aliphatic rings. The lowest BCUT2D eigenvalue weighted by Gasteiger charge is -2.17. The molecule has 124 valence electrons. The van der Waals surface area contributed by atoms with Gasteiger partial charge in [0.05, 0.1) is 11.6 Å². The molecule has 1 aliphatic heterocycles. The van der Waals surface area contributed by atoms with Crippen LogP contribution in [0.2, 0.25) is 0 Å². The van der Waals surface area contributed by atoms with Crippen molar-refractivity contribution in [1.82, 2.24) is 4.90 Å². The third kappa shape index (κ3) is 3.82. The third-order valence-electron chi connectivity index (χ3n) is 3.98. The van der Waals surface area contributed by atoms with Crippen LogP contribution >= 0.6 is 15.9 Å². The first-order valence-electron chi connectivity index (χ1n) is 7.60. The van der Waals surface area contributed by atoms with Crippen LogP contribution in [0.15, 0.2) is 53.0 Å². The molecule has 1 heterocycles. The number of amides is 2. The average molecular weight is 391 g/mol. The summed E-state index contributed by atoms with van der Waals surface area (Å²) in [5.41, 5.74) is 1.13.